The van der Waals surface area contributed by atoms with Crippen LogP contribution in [0.15, 0.2) is 12.7 Å². The van der Waals surface area contributed by atoms with E-state index < -0.39 is 38.4 Å². The molecule has 4 atom stereocenters. The highest BCUT2D eigenvalue weighted by Gasteiger charge is 2.59. The van der Waals surface area contributed by atoms with Crippen LogP contribution in [-0.2, 0) is 18.3 Å². The molecule has 0 amide bonds. The lowest BCUT2D eigenvalue weighted by molar-refractivity contribution is -0.0855. The smallest absolute Gasteiger partial charge is 0.380 e. The molecule has 0 aliphatic carbocycles. The summed E-state index contributed by atoms with van der Waals surface area (Å²) in [5.74, 6) is 0.222. The Balaban J connectivity index is 2.06. The van der Waals surface area contributed by atoms with Crippen LogP contribution in [0.2, 0.25) is 18.1 Å². The number of fused-ring (bicyclic) bond motifs is 1. The number of hydrogen-bond acceptors (Lipinski definition) is 9. The number of rotatable bonds is 6. The van der Waals surface area contributed by atoms with Crippen LogP contribution in [0.4, 0.5) is 5.82 Å². The van der Waals surface area contributed by atoms with Crippen molar-refractivity contribution in [3.05, 3.63) is 12.7 Å². The second-order valence-corrected chi connectivity index (χ2v) is 18.3. The minimum Gasteiger partial charge on any atom is -0.404 e. The van der Waals surface area contributed by atoms with Gasteiger partial charge in [-0.05, 0) is 47.5 Å². The molecular weight excluding hydrogens is 484 g/mol. The van der Waals surface area contributed by atoms with Crippen LogP contribution < -0.4 is 5.73 Å². The molecule has 14 heteroatoms. The molecule has 3 rings (SSSR count). The van der Waals surface area contributed by atoms with Crippen LogP contribution in [0.25, 0.3) is 11.2 Å². The summed E-state index contributed by atoms with van der Waals surface area (Å²) in [5, 5.41) is 11.1. The summed E-state index contributed by atoms with van der Waals surface area (Å²) >= 11 is 11.0. The monoisotopic (exact) mass is 511 g/mol. The van der Waals surface area contributed by atoms with Crippen molar-refractivity contribution >= 4 is 53.9 Å². The number of halogens is 2. The Morgan fingerprint density at radius 3 is 2.58 bits per heavy atom. The molecule has 3 heterocycles. The molecule has 0 aromatic carbocycles. The fraction of sp³-hybridized carbons (Fsp3) is 0.706. The number of hydrogen-bond donors (Lipinski definition) is 2. The highest BCUT2D eigenvalue weighted by Crippen LogP contribution is 2.58. The van der Waals surface area contributed by atoms with Crippen molar-refractivity contribution in [2.24, 2.45) is 0 Å². The molecule has 2 unspecified atom stereocenters. The average Bonchev–Trinajstić information content (AvgIpc) is 3.13. The number of nitrogen functional groups attached to an aromatic ring is 1. The topological polar surface area (TPSA) is 135 Å². The van der Waals surface area contributed by atoms with E-state index in [1.54, 1.807) is 11.5 Å². The molecule has 1 fully saturated rings. The molecule has 3 N–H and O–H groups in total. The molecule has 0 radical (unpaired) electrons. The Bertz CT molecular complexity index is 1010. The second kappa shape index (κ2) is 8.21. The highest BCUT2D eigenvalue weighted by atomic mass is 35.9. The van der Waals surface area contributed by atoms with E-state index in [1.807, 2.05) is 0 Å². The number of ether oxygens (including phenoxy) is 1. The first-order valence-corrected chi connectivity index (χ1v) is 16.0. The van der Waals surface area contributed by atoms with E-state index >= 15 is 0 Å². The summed E-state index contributed by atoms with van der Waals surface area (Å²) in [6.45, 7) is 11.9. The average molecular weight is 512 g/mol. The summed E-state index contributed by atoms with van der Waals surface area (Å²) in [6, 6.07) is 0. The van der Waals surface area contributed by atoms with Gasteiger partial charge in [-0.2, -0.15) is 0 Å². The van der Waals surface area contributed by atoms with Crippen molar-refractivity contribution in [2.45, 2.75) is 69.9 Å². The third-order valence-electron chi connectivity index (χ3n) is 6.04. The van der Waals surface area contributed by atoms with E-state index in [0.29, 0.717) is 11.2 Å². The third-order valence-corrected chi connectivity index (χ3v) is 11.6. The predicted molar refractivity (Wildman–Crippen MR) is 122 cm³/mol. The maximum atomic E-state index is 11.6. The summed E-state index contributed by atoms with van der Waals surface area (Å²) in [5.41, 5.74) is 5.54. The summed E-state index contributed by atoms with van der Waals surface area (Å²) in [6.07, 6.45) is -3.88. The van der Waals surface area contributed by atoms with Gasteiger partial charge in [0.15, 0.2) is 26.0 Å². The van der Waals surface area contributed by atoms with Crippen molar-refractivity contribution in [1.29, 1.82) is 0 Å². The standard InChI is InChI=1S/C17H28Cl2N5O5PSi/c1-16(2,3)31(5,6)29-17(4)12(25)10(7-27-30(18,19)26)28-15(17)24-9-23-11-13(20)21-8-22-14(11)24/h8-10,12,15,25H,7H2,1-6H3,(H2,20,21,22)/t10-,12?,15-,17?/m1/s1. The molecule has 0 spiro atoms. The van der Waals surface area contributed by atoms with Gasteiger partial charge in [-0.1, -0.05) is 20.8 Å². The summed E-state index contributed by atoms with van der Waals surface area (Å²) in [7, 11) is -2.38. The SMILES string of the molecule is CC1(O[Si](C)(C)C(C)(C)C)C(O)[C@@H](COP(=O)(Cl)Cl)O[C@H]1n1cnc2c(N)ncnc21. The van der Waals surface area contributed by atoms with Crippen LogP contribution in [0.5, 0.6) is 0 Å². The largest absolute Gasteiger partial charge is 0.404 e. The van der Waals surface area contributed by atoms with E-state index in [9.17, 15) is 9.67 Å². The van der Waals surface area contributed by atoms with Crippen LogP contribution in [-0.4, -0.2) is 57.4 Å². The molecule has 1 aliphatic heterocycles. The minimum absolute atomic E-state index is 0.138. The molecule has 31 heavy (non-hydrogen) atoms. The molecule has 1 saturated heterocycles. The van der Waals surface area contributed by atoms with Crippen LogP contribution in [0.1, 0.15) is 33.9 Å². The van der Waals surface area contributed by atoms with E-state index in [4.69, 9.17) is 41.9 Å². The van der Waals surface area contributed by atoms with E-state index in [1.165, 1.54) is 12.7 Å². The van der Waals surface area contributed by atoms with Crippen molar-refractivity contribution < 1.29 is 23.4 Å². The maximum absolute atomic E-state index is 11.6. The number of nitrogens with zero attached hydrogens (tertiary/aromatic N) is 4. The third kappa shape index (κ3) is 4.79. The van der Waals surface area contributed by atoms with Gasteiger partial charge in [-0.3, -0.25) is 9.13 Å². The van der Waals surface area contributed by atoms with Crippen molar-refractivity contribution in [3.63, 3.8) is 0 Å². The molecule has 2 aromatic rings. The van der Waals surface area contributed by atoms with Crippen LogP contribution >= 0.6 is 28.6 Å². The molecule has 1 aliphatic rings. The zero-order valence-corrected chi connectivity index (χ0v) is 21.6. The second-order valence-electron chi connectivity index (χ2n) is 9.31. The Labute approximate surface area is 191 Å². The molecule has 0 saturated carbocycles. The van der Waals surface area contributed by atoms with Gasteiger partial charge in [0.1, 0.15) is 29.7 Å². The lowest BCUT2D eigenvalue weighted by atomic mass is 9.96. The number of aromatic nitrogens is 4. The first-order chi connectivity index (χ1) is 14.1. The van der Waals surface area contributed by atoms with Crippen LogP contribution in [0.3, 0.4) is 0 Å². The Morgan fingerprint density at radius 2 is 2.00 bits per heavy atom. The van der Waals surface area contributed by atoms with Gasteiger partial charge in [-0.15, -0.1) is 0 Å². The highest BCUT2D eigenvalue weighted by molar-refractivity contribution is 8.05. The van der Waals surface area contributed by atoms with Gasteiger partial charge in [0, 0.05) is 0 Å². The lowest BCUT2D eigenvalue weighted by Gasteiger charge is -2.45. The first-order valence-electron chi connectivity index (χ1n) is 9.67. The first kappa shape index (κ1) is 24.9. The van der Waals surface area contributed by atoms with Gasteiger partial charge < -0.3 is 24.5 Å². The van der Waals surface area contributed by atoms with Gasteiger partial charge in [0.05, 0.1) is 12.9 Å². The molecule has 2 aromatic heterocycles. The number of imidazole rings is 1. The zero-order valence-electron chi connectivity index (χ0n) is 18.2. The molecule has 10 nitrogen and oxygen atoms in total. The Kier molecular flexibility index (Phi) is 6.58. The number of nitrogens with two attached hydrogens (primary N) is 1. The van der Waals surface area contributed by atoms with E-state index in [0.717, 1.165) is 0 Å². The van der Waals surface area contributed by atoms with E-state index in [2.05, 4.69) is 48.8 Å². The fourth-order valence-corrected chi connectivity index (χ4v) is 5.66. The lowest BCUT2D eigenvalue weighted by Crippen LogP contribution is -2.56. The van der Waals surface area contributed by atoms with Crippen LogP contribution in [0, 0.1) is 0 Å². The molecular formula is C17H28Cl2N5O5PSi. The van der Waals surface area contributed by atoms with Gasteiger partial charge in [-0.25, -0.2) is 15.0 Å². The molecule has 0 bridgehead atoms. The summed E-state index contributed by atoms with van der Waals surface area (Å²) < 4.78 is 31.1. The van der Waals surface area contributed by atoms with E-state index in [-0.39, 0.29) is 17.5 Å². The van der Waals surface area contributed by atoms with Gasteiger partial charge in [0.25, 0.3) is 0 Å². The van der Waals surface area contributed by atoms with Crippen molar-refractivity contribution in [3.8, 4) is 0 Å². The Hall–Kier alpha value is -0.783. The van der Waals surface area contributed by atoms with Crippen molar-refractivity contribution in [1.82, 2.24) is 19.5 Å². The zero-order chi connectivity index (χ0) is 23.4. The van der Waals surface area contributed by atoms with Crippen molar-refractivity contribution in [2.75, 3.05) is 12.3 Å². The quantitative estimate of drug-likeness (QED) is 0.434. The van der Waals surface area contributed by atoms with Gasteiger partial charge >= 0.3 is 6.07 Å². The normalized spacial score (nSPS) is 27.8. The number of aliphatic hydroxyl groups excluding tert-OH is 1. The number of anilines is 1. The minimum atomic E-state index is -3.81. The fourth-order valence-electron chi connectivity index (χ4n) is 3.38. The number of aliphatic hydroxyl groups is 1. The Morgan fingerprint density at radius 1 is 1.35 bits per heavy atom. The summed E-state index contributed by atoms with van der Waals surface area (Å²) in [4.78, 5) is 12.5. The van der Waals surface area contributed by atoms with Gasteiger partial charge in [0.2, 0.25) is 0 Å². The molecule has 174 valence electrons. The predicted octanol–water partition coefficient (Wildman–Crippen LogP) is 4.05. The maximum Gasteiger partial charge on any atom is 0.380 e.